The molecule has 46 heavy (non-hydrogen) atoms. The van der Waals surface area contributed by atoms with E-state index in [1.54, 1.807) is 11.8 Å². The van der Waals surface area contributed by atoms with Crippen molar-refractivity contribution in [2.75, 3.05) is 26.3 Å². The number of carbonyl (C=O) groups is 3. The van der Waals surface area contributed by atoms with E-state index in [9.17, 15) is 14.4 Å². The van der Waals surface area contributed by atoms with Gasteiger partial charge in [0.1, 0.15) is 13.2 Å². The van der Waals surface area contributed by atoms with Crippen LogP contribution in [0.25, 0.3) is 0 Å². The summed E-state index contributed by atoms with van der Waals surface area (Å²) in [5, 5.41) is 0. The van der Waals surface area contributed by atoms with E-state index in [4.69, 9.17) is 15.2 Å². The number of hydrogen-bond acceptors (Lipinski definition) is 6. The van der Waals surface area contributed by atoms with Gasteiger partial charge in [-0.15, -0.1) is 0 Å². The Morgan fingerprint density at radius 1 is 0.500 bits per heavy atom. The van der Waals surface area contributed by atoms with E-state index in [1.165, 1.54) is 77.0 Å². The molecule has 0 heterocycles. The number of amides is 1. The molecule has 0 fully saturated rings. The third-order valence-corrected chi connectivity index (χ3v) is 9.20. The monoisotopic (exact) mass is 653 g/mol. The number of ether oxygens (including phenoxy) is 2. The smallest absolute Gasteiger partial charge is 0.308 e. The maximum Gasteiger partial charge on any atom is 0.308 e. The molecule has 0 spiro atoms. The normalized spacial score (nSPS) is 13.3. The van der Waals surface area contributed by atoms with Gasteiger partial charge in [-0.05, 0) is 32.6 Å². The van der Waals surface area contributed by atoms with Crippen LogP contribution in [0.3, 0.4) is 0 Å². The third-order valence-electron chi connectivity index (χ3n) is 9.20. The van der Waals surface area contributed by atoms with Gasteiger partial charge in [0.05, 0.1) is 31.0 Å². The molecule has 7 nitrogen and oxygen atoms in total. The predicted octanol–water partition coefficient (Wildman–Crippen LogP) is 9.92. The lowest BCUT2D eigenvalue weighted by Gasteiger charge is -2.25. The Bertz CT molecular complexity index is 679. The summed E-state index contributed by atoms with van der Waals surface area (Å²) in [6, 6.07) is -0.676. The highest BCUT2D eigenvalue weighted by Crippen LogP contribution is 2.22. The zero-order chi connectivity index (χ0) is 34.3. The van der Waals surface area contributed by atoms with Crippen molar-refractivity contribution in [1.29, 1.82) is 0 Å². The van der Waals surface area contributed by atoms with Crippen molar-refractivity contribution < 1.29 is 23.9 Å². The predicted molar refractivity (Wildman–Crippen MR) is 193 cm³/mol. The lowest BCUT2D eigenvalue weighted by Crippen LogP contribution is -2.45. The molecule has 1 amide bonds. The molecule has 3 atom stereocenters. The van der Waals surface area contributed by atoms with Crippen LogP contribution in [0.2, 0.25) is 0 Å². The highest BCUT2D eigenvalue weighted by Gasteiger charge is 2.23. The molecular weight excluding hydrogens is 576 g/mol. The summed E-state index contributed by atoms with van der Waals surface area (Å²) in [4.78, 5) is 40.7. The third kappa shape index (κ3) is 24.5. The highest BCUT2D eigenvalue weighted by molar-refractivity contribution is 5.81. The topological polar surface area (TPSA) is 98.9 Å². The van der Waals surface area contributed by atoms with Crippen LogP contribution >= 0.6 is 0 Å². The van der Waals surface area contributed by atoms with Crippen LogP contribution in [0.4, 0.5) is 0 Å². The first kappa shape index (κ1) is 44.4. The van der Waals surface area contributed by atoms with Crippen molar-refractivity contribution in [3.8, 4) is 0 Å². The quantitative estimate of drug-likeness (QED) is 0.0560. The van der Waals surface area contributed by atoms with Crippen molar-refractivity contribution in [1.82, 2.24) is 4.90 Å². The summed E-state index contributed by atoms with van der Waals surface area (Å²) in [5.41, 5.74) is 5.95. The fraction of sp³-hybridized carbons (Fsp3) is 0.923. The second-order valence-electron chi connectivity index (χ2n) is 13.7. The Labute approximate surface area is 284 Å². The summed E-state index contributed by atoms with van der Waals surface area (Å²) in [6.45, 7) is 11.3. The van der Waals surface area contributed by atoms with Gasteiger partial charge in [0.15, 0.2) is 0 Å². The molecule has 2 N–H and O–H groups in total. The van der Waals surface area contributed by atoms with Crippen molar-refractivity contribution in [3.05, 3.63) is 0 Å². The number of rotatable bonds is 33. The molecule has 0 radical (unpaired) electrons. The maximum absolute atomic E-state index is 13.1. The first-order valence-electron chi connectivity index (χ1n) is 19.7. The molecule has 3 unspecified atom stereocenters. The molecule has 0 aliphatic heterocycles. The molecule has 0 aliphatic carbocycles. The van der Waals surface area contributed by atoms with Crippen molar-refractivity contribution in [2.24, 2.45) is 17.6 Å². The second kappa shape index (κ2) is 31.9. The fourth-order valence-electron chi connectivity index (χ4n) is 6.11. The van der Waals surface area contributed by atoms with Crippen LogP contribution in [0.5, 0.6) is 0 Å². The molecule has 0 rings (SSSR count). The van der Waals surface area contributed by atoms with Gasteiger partial charge < -0.3 is 20.1 Å². The van der Waals surface area contributed by atoms with Crippen LogP contribution in [-0.4, -0.2) is 55.1 Å². The highest BCUT2D eigenvalue weighted by atomic mass is 16.5. The molecule has 0 aliphatic rings. The first-order valence-corrected chi connectivity index (χ1v) is 19.7. The average molecular weight is 653 g/mol. The summed E-state index contributed by atoms with van der Waals surface area (Å²) < 4.78 is 11.5. The van der Waals surface area contributed by atoms with Gasteiger partial charge in [-0.25, -0.2) is 0 Å². The number of hydrogen-bond donors (Lipinski definition) is 1. The number of unbranched alkanes of at least 4 members (excludes halogenated alkanes) is 16. The Morgan fingerprint density at radius 3 is 1.09 bits per heavy atom. The molecule has 0 aromatic rings. The molecule has 272 valence electrons. The van der Waals surface area contributed by atoms with Crippen molar-refractivity contribution >= 4 is 17.8 Å². The van der Waals surface area contributed by atoms with E-state index in [1.807, 2.05) is 0 Å². The van der Waals surface area contributed by atoms with E-state index in [0.29, 0.717) is 0 Å². The molecular formula is C39H76N2O5. The molecule has 0 aromatic heterocycles. The minimum absolute atomic E-state index is 0.0810. The Kier molecular flexibility index (Phi) is 30.8. The zero-order valence-corrected chi connectivity index (χ0v) is 31.1. The van der Waals surface area contributed by atoms with Crippen LogP contribution in [0, 0.1) is 11.8 Å². The van der Waals surface area contributed by atoms with Gasteiger partial charge >= 0.3 is 11.9 Å². The van der Waals surface area contributed by atoms with E-state index >= 15 is 0 Å². The summed E-state index contributed by atoms with van der Waals surface area (Å²) in [6.07, 6.45) is 27.0. The Balaban J connectivity index is 4.95. The maximum atomic E-state index is 13.1. The lowest BCUT2D eigenvalue weighted by atomic mass is 9.94. The van der Waals surface area contributed by atoms with Gasteiger partial charge in [0, 0.05) is 0 Å². The molecule has 0 bridgehead atoms. The minimum Gasteiger partial charge on any atom is -0.464 e. The largest absolute Gasteiger partial charge is 0.464 e. The van der Waals surface area contributed by atoms with Gasteiger partial charge in [-0.3, -0.25) is 14.4 Å². The Morgan fingerprint density at radius 2 is 0.783 bits per heavy atom. The van der Waals surface area contributed by atoms with Crippen molar-refractivity contribution in [3.63, 3.8) is 0 Å². The van der Waals surface area contributed by atoms with Crippen LogP contribution in [0.1, 0.15) is 189 Å². The second-order valence-corrected chi connectivity index (χ2v) is 13.7. The lowest BCUT2D eigenvalue weighted by molar-refractivity contribution is -0.152. The molecule has 0 aromatic carbocycles. The standard InChI is InChI=1S/C39H76N2O5/c1-6-10-14-18-20-24-28-35(26-22-16-12-8-3)38(43)45-32-30-41(37(42)34(5)40)31-33-46-39(44)36(27-23-17-13-9-4)29-25-21-19-15-11-7-2/h34-36H,6-33,40H2,1-5H3. The first-order chi connectivity index (χ1) is 22.3. The van der Waals surface area contributed by atoms with E-state index in [0.717, 1.165) is 77.0 Å². The Hall–Kier alpha value is -1.63. The number of carbonyl (C=O) groups excluding carboxylic acids is 3. The SMILES string of the molecule is CCCCCCCCC(CCCCCC)C(=O)OCCN(CCOC(=O)C(CCCCCC)CCCCCCCC)C(=O)C(C)N. The van der Waals surface area contributed by atoms with Crippen LogP contribution < -0.4 is 5.73 Å². The average Bonchev–Trinajstić information content (AvgIpc) is 3.04. The van der Waals surface area contributed by atoms with Gasteiger partial charge in [0.25, 0.3) is 0 Å². The zero-order valence-electron chi connectivity index (χ0n) is 31.1. The van der Waals surface area contributed by atoms with Gasteiger partial charge in [0.2, 0.25) is 5.91 Å². The van der Waals surface area contributed by atoms with Gasteiger partial charge in [-0.1, -0.05) is 156 Å². The van der Waals surface area contributed by atoms with E-state index in [-0.39, 0.29) is 56.0 Å². The van der Waals surface area contributed by atoms with Crippen LogP contribution in [0.15, 0.2) is 0 Å². The van der Waals surface area contributed by atoms with Gasteiger partial charge in [-0.2, -0.15) is 0 Å². The molecule has 0 saturated heterocycles. The fourth-order valence-corrected chi connectivity index (χ4v) is 6.11. The minimum atomic E-state index is -0.676. The number of nitrogens with two attached hydrogens (primary N) is 1. The van der Waals surface area contributed by atoms with E-state index in [2.05, 4.69) is 27.7 Å². The molecule has 0 saturated carbocycles. The summed E-state index contributed by atoms with van der Waals surface area (Å²) in [7, 11) is 0. The van der Waals surface area contributed by atoms with E-state index < -0.39 is 6.04 Å². The van der Waals surface area contributed by atoms with Crippen molar-refractivity contribution in [2.45, 2.75) is 195 Å². The number of esters is 2. The van der Waals surface area contributed by atoms with Crippen LogP contribution in [-0.2, 0) is 23.9 Å². The molecule has 7 heteroatoms. The summed E-state index contributed by atoms with van der Waals surface area (Å²) >= 11 is 0. The number of nitrogens with zero attached hydrogens (tertiary/aromatic N) is 1. The summed E-state index contributed by atoms with van der Waals surface area (Å²) in [5.74, 6) is -0.681.